The predicted molar refractivity (Wildman–Crippen MR) is 68.8 cm³/mol. The predicted octanol–water partition coefficient (Wildman–Crippen LogP) is 3.22. The van der Waals surface area contributed by atoms with Crippen molar-refractivity contribution >= 4 is 23.1 Å². The average molecular weight is 315 g/mol. The Morgan fingerprint density at radius 1 is 1.19 bits per heavy atom. The number of nitrogens with zero attached hydrogens (tertiary/aromatic N) is 1. The molecule has 0 aliphatic heterocycles. The minimum absolute atomic E-state index is 0.0834. The van der Waals surface area contributed by atoms with E-state index in [0.717, 1.165) is 7.11 Å². The smallest absolute Gasteiger partial charge is 0.358 e. The number of rotatable bonds is 3. The SMILES string of the molecule is COC(=O)c1nc(-c2c(F)cc(F)cc2F)sc1C(C)=O. The van der Waals surface area contributed by atoms with Gasteiger partial charge in [-0.2, -0.15) is 0 Å². The highest BCUT2D eigenvalue weighted by Gasteiger charge is 2.25. The monoisotopic (exact) mass is 315 g/mol. The first-order chi connectivity index (χ1) is 9.85. The number of thiazole rings is 1. The van der Waals surface area contributed by atoms with Crippen LogP contribution in [0.3, 0.4) is 0 Å². The summed E-state index contributed by atoms with van der Waals surface area (Å²) in [6.45, 7) is 1.18. The summed E-state index contributed by atoms with van der Waals surface area (Å²) in [5, 5.41) is -0.240. The number of benzene rings is 1. The minimum atomic E-state index is -1.17. The van der Waals surface area contributed by atoms with Gasteiger partial charge in [-0.3, -0.25) is 4.79 Å². The molecule has 0 fully saturated rings. The molecule has 0 atom stereocenters. The van der Waals surface area contributed by atoms with Gasteiger partial charge in [0.05, 0.1) is 12.7 Å². The van der Waals surface area contributed by atoms with Crippen molar-refractivity contribution in [3.63, 3.8) is 0 Å². The molecule has 1 aromatic carbocycles. The molecular formula is C13H8F3NO3S. The summed E-state index contributed by atoms with van der Waals surface area (Å²) in [6.07, 6.45) is 0. The molecule has 0 radical (unpaired) electrons. The molecule has 21 heavy (non-hydrogen) atoms. The molecule has 0 spiro atoms. The lowest BCUT2D eigenvalue weighted by Crippen LogP contribution is -2.07. The second-order valence-corrected chi connectivity index (χ2v) is 4.99. The fourth-order valence-corrected chi connectivity index (χ4v) is 2.64. The number of carbonyl (C=O) groups excluding carboxylic acids is 2. The fraction of sp³-hybridized carbons (Fsp3) is 0.154. The summed E-state index contributed by atoms with van der Waals surface area (Å²) in [4.78, 5) is 26.7. The van der Waals surface area contributed by atoms with E-state index in [9.17, 15) is 22.8 Å². The highest BCUT2D eigenvalue weighted by molar-refractivity contribution is 7.17. The first-order valence-electron chi connectivity index (χ1n) is 5.60. The van der Waals surface area contributed by atoms with E-state index >= 15 is 0 Å². The largest absolute Gasteiger partial charge is 0.464 e. The van der Waals surface area contributed by atoms with E-state index in [1.165, 1.54) is 6.92 Å². The third-order valence-corrected chi connectivity index (χ3v) is 3.72. The Hall–Kier alpha value is -2.22. The Kier molecular flexibility index (Phi) is 4.08. The van der Waals surface area contributed by atoms with Gasteiger partial charge in [0.25, 0.3) is 0 Å². The molecule has 2 rings (SSSR count). The van der Waals surface area contributed by atoms with Crippen LogP contribution >= 0.6 is 11.3 Å². The van der Waals surface area contributed by atoms with Crippen molar-refractivity contribution in [3.05, 3.63) is 40.2 Å². The molecular weight excluding hydrogens is 307 g/mol. The summed E-state index contributed by atoms with van der Waals surface area (Å²) in [5.74, 6) is -4.82. The Morgan fingerprint density at radius 3 is 2.24 bits per heavy atom. The Bertz CT molecular complexity index is 719. The summed E-state index contributed by atoms with van der Waals surface area (Å²) in [7, 11) is 1.09. The molecule has 0 aliphatic rings. The molecule has 4 nitrogen and oxygen atoms in total. The number of esters is 1. The van der Waals surface area contributed by atoms with Crippen LogP contribution in [0.15, 0.2) is 12.1 Å². The van der Waals surface area contributed by atoms with Crippen molar-refractivity contribution in [3.8, 4) is 10.6 Å². The normalized spacial score (nSPS) is 10.5. The van der Waals surface area contributed by atoms with Crippen LogP contribution in [-0.4, -0.2) is 23.8 Å². The number of ketones is 1. The van der Waals surface area contributed by atoms with E-state index in [0.29, 0.717) is 23.5 Å². The number of aromatic nitrogens is 1. The van der Waals surface area contributed by atoms with E-state index in [2.05, 4.69) is 9.72 Å². The lowest BCUT2D eigenvalue weighted by molar-refractivity contribution is 0.0591. The van der Waals surface area contributed by atoms with Gasteiger partial charge >= 0.3 is 5.97 Å². The van der Waals surface area contributed by atoms with Gasteiger partial charge in [0.2, 0.25) is 0 Å². The number of hydrogen-bond acceptors (Lipinski definition) is 5. The third-order valence-electron chi connectivity index (χ3n) is 2.55. The Labute approximate surface area is 121 Å². The number of methoxy groups -OCH3 is 1. The summed E-state index contributed by atoms with van der Waals surface area (Å²) >= 11 is 0.635. The van der Waals surface area contributed by atoms with Crippen LogP contribution in [0.2, 0.25) is 0 Å². The van der Waals surface area contributed by atoms with Gasteiger partial charge < -0.3 is 4.74 Å². The number of Topliss-reactive ketones (excluding diaryl/α,β-unsaturated/α-hetero) is 1. The molecule has 110 valence electrons. The molecule has 8 heteroatoms. The molecule has 1 heterocycles. The first-order valence-corrected chi connectivity index (χ1v) is 6.41. The summed E-state index contributed by atoms with van der Waals surface area (Å²) in [6, 6.07) is 0.982. The van der Waals surface area contributed by atoms with Crippen molar-refractivity contribution in [2.45, 2.75) is 6.92 Å². The highest BCUT2D eigenvalue weighted by Crippen LogP contribution is 2.33. The van der Waals surface area contributed by atoms with E-state index in [1.807, 2.05) is 0 Å². The van der Waals surface area contributed by atoms with Crippen LogP contribution in [0.5, 0.6) is 0 Å². The Balaban J connectivity index is 2.66. The van der Waals surface area contributed by atoms with E-state index < -0.39 is 34.8 Å². The third kappa shape index (κ3) is 2.80. The molecule has 0 bridgehead atoms. The van der Waals surface area contributed by atoms with Crippen molar-refractivity contribution in [2.75, 3.05) is 7.11 Å². The number of carbonyl (C=O) groups is 2. The zero-order chi connectivity index (χ0) is 15.7. The first kappa shape index (κ1) is 15.2. The van der Waals surface area contributed by atoms with Crippen LogP contribution in [-0.2, 0) is 4.74 Å². The van der Waals surface area contributed by atoms with E-state index in [1.54, 1.807) is 0 Å². The zero-order valence-corrected chi connectivity index (χ0v) is 11.7. The van der Waals surface area contributed by atoms with Crippen LogP contribution in [0.25, 0.3) is 10.6 Å². The lowest BCUT2D eigenvalue weighted by Gasteiger charge is -2.01. The van der Waals surface area contributed by atoms with Crippen molar-refractivity contribution in [1.82, 2.24) is 4.98 Å². The molecule has 0 amide bonds. The molecule has 0 saturated carbocycles. The van der Waals surface area contributed by atoms with Gasteiger partial charge in [0, 0.05) is 19.1 Å². The van der Waals surface area contributed by atoms with Crippen LogP contribution < -0.4 is 0 Å². The number of hydrogen-bond donors (Lipinski definition) is 0. The topological polar surface area (TPSA) is 56.3 Å². The van der Waals surface area contributed by atoms with Gasteiger partial charge in [-0.25, -0.2) is 22.9 Å². The van der Waals surface area contributed by atoms with E-state index in [-0.39, 0.29) is 15.6 Å². The van der Waals surface area contributed by atoms with Gasteiger partial charge in [-0.1, -0.05) is 0 Å². The maximum absolute atomic E-state index is 13.7. The fourth-order valence-electron chi connectivity index (χ4n) is 1.65. The van der Waals surface area contributed by atoms with Crippen molar-refractivity contribution < 1.29 is 27.5 Å². The summed E-state index contributed by atoms with van der Waals surface area (Å²) < 4.78 is 44.8. The van der Waals surface area contributed by atoms with Crippen molar-refractivity contribution in [2.24, 2.45) is 0 Å². The van der Waals surface area contributed by atoms with Gasteiger partial charge in [0.1, 0.15) is 27.3 Å². The highest BCUT2D eigenvalue weighted by atomic mass is 32.1. The molecule has 0 N–H and O–H groups in total. The number of halogens is 3. The molecule has 2 aromatic rings. The molecule has 0 aliphatic carbocycles. The minimum Gasteiger partial charge on any atom is -0.464 e. The van der Waals surface area contributed by atoms with E-state index in [4.69, 9.17) is 0 Å². The quantitative estimate of drug-likeness (QED) is 0.644. The lowest BCUT2D eigenvalue weighted by atomic mass is 10.2. The molecule has 0 saturated heterocycles. The van der Waals surface area contributed by atoms with Crippen LogP contribution in [0.1, 0.15) is 27.1 Å². The second-order valence-electron chi connectivity index (χ2n) is 3.99. The van der Waals surface area contributed by atoms with Crippen LogP contribution in [0.4, 0.5) is 13.2 Å². The van der Waals surface area contributed by atoms with Crippen LogP contribution in [0, 0.1) is 17.5 Å². The standard InChI is InChI=1S/C13H8F3NO3S/c1-5(18)11-10(13(19)20-2)17-12(21-11)9-7(15)3-6(14)4-8(9)16/h3-4H,1-2H3. The van der Waals surface area contributed by atoms with Crippen molar-refractivity contribution in [1.29, 1.82) is 0 Å². The van der Waals surface area contributed by atoms with Gasteiger partial charge in [-0.05, 0) is 0 Å². The summed E-state index contributed by atoms with van der Waals surface area (Å²) in [5.41, 5.74) is -0.924. The van der Waals surface area contributed by atoms with Gasteiger partial charge in [0.15, 0.2) is 11.5 Å². The number of ether oxygens (including phenoxy) is 1. The maximum atomic E-state index is 13.7. The average Bonchev–Trinajstić information content (AvgIpc) is 2.81. The second kappa shape index (κ2) is 5.65. The Morgan fingerprint density at radius 2 is 1.76 bits per heavy atom. The maximum Gasteiger partial charge on any atom is 0.358 e. The van der Waals surface area contributed by atoms with Gasteiger partial charge in [-0.15, -0.1) is 11.3 Å². The molecule has 1 aromatic heterocycles. The zero-order valence-electron chi connectivity index (χ0n) is 10.9. The molecule has 0 unspecified atom stereocenters.